The van der Waals surface area contributed by atoms with Gasteiger partial charge in [-0.15, -0.1) is 0 Å². The first-order valence-electron chi connectivity index (χ1n) is 17.2. The lowest BCUT2D eigenvalue weighted by molar-refractivity contribution is -0.260. The number of rotatable bonds is 5. The molecule has 1 N–H and O–H groups in total. The number of phenols is 1. The van der Waals surface area contributed by atoms with Gasteiger partial charge in [0.1, 0.15) is 11.9 Å². The first kappa shape index (κ1) is 31.4. The van der Waals surface area contributed by atoms with E-state index in [4.69, 9.17) is 9.78 Å². The van der Waals surface area contributed by atoms with Crippen molar-refractivity contribution in [3.05, 3.63) is 69.3 Å². The van der Waals surface area contributed by atoms with Gasteiger partial charge in [-0.3, -0.25) is 4.79 Å². The number of phenolic OH excluding ortho intramolecular Hbond substituents is 1. The van der Waals surface area contributed by atoms with Crippen LogP contribution in [0.5, 0.6) is 11.5 Å². The number of carbonyl (C=O) groups excluding carboxylic acids is 1. The van der Waals surface area contributed by atoms with E-state index < -0.39 is 0 Å². The van der Waals surface area contributed by atoms with Crippen LogP contribution in [0, 0.1) is 16.7 Å². The molecule has 4 atom stereocenters. The maximum Gasteiger partial charge on any atom is 0.186 e. The Morgan fingerprint density at radius 1 is 0.818 bits per heavy atom. The van der Waals surface area contributed by atoms with E-state index in [1.807, 2.05) is 12.1 Å². The average molecular weight is 599 g/mol. The monoisotopic (exact) mass is 598 g/mol. The van der Waals surface area contributed by atoms with Crippen molar-refractivity contribution in [1.82, 2.24) is 0 Å². The highest BCUT2D eigenvalue weighted by Crippen LogP contribution is 2.61. The largest absolute Gasteiger partial charge is 0.508 e. The maximum absolute atomic E-state index is 13.6. The molecule has 6 rings (SSSR count). The molecule has 0 amide bonds. The minimum absolute atomic E-state index is 0.0144. The van der Waals surface area contributed by atoms with Crippen LogP contribution in [0.15, 0.2) is 35.9 Å². The highest BCUT2D eigenvalue weighted by molar-refractivity contribution is 6.08. The molecule has 2 aromatic rings. The zero-order valence-electron chi connectivity index (χ0n) is 28.8. The van der Waals surface area contributed by atoms with Crippen LogP contribution in [-0.2, 0) is 15.7 Å². The van der Waals surface area contributed by atoms with Gasteiger partial charge in [-0.05, 0) is 119 Å². The van der Waals surface area contributed by atoms with E-state index in [1.54, 1.807) is 0 Å². The summed E-state index contributed by atoms with van der Waals surface area (Å²) in [5.41, 5.74) is 7.36. The second kappa shape index (κ2) is 10.5. The van der Waals surface area contributed by atoms with Gasteiger partial charge < -0.3 is 9.99 Å². The minimum atomic E-state index is -0.254. The molecule has 0 unspecified atom stereocenters. The molecule has 0 radical (unpaired) electrons. The summed E-state index contributed by atoms with van der Waals surface area (Å²) in [5, 5.41) is 11.1. The van der Waals surface area contributed by atoms with Gasteiger partial charge in [0, 0.05) is 16.5 Å². The standard InChI is InChI=1S/C40H54O4/c1-23(2)25-17-28-29(19-31(25)41)39(9)15-12-14-38(7,8)36(39)22-34(28)44-43-33-20-30-27(18-26(33)24(3)4)32(42)21-35-37(5,6)13-11-16-40(30,35)10/h17-21,23-24,34,36,41H,11-16,22H2,1-10H3/t34-,36+,39-,40-/m1/s1. The van der Waals surface area contributed by atoms with Crippen LogP contribution in [0.25, 0.3) is 0 Å². The van der Waals surface area contributed by atoms with Gasteiger partial charge in [-0.1, -0.05) is 87.7 Å². The van der Waals surface area contributed by atoms with Gasteiger partial charge in [0.05, 0.1) is 0 Å². The summed E-state index contributed by atoms with van der Waals surface area (Å²) < 4.78 is 0. The number of ketones is 1. The van der Waals surface area contributed by atoms with Crippen LogP contribution in [-0.4, -0.2) is 10.9 Å². The van der Waals surface area contributed by atoms with E-state index in [9.17, 15) is 9.90 Å². The minimum Gasteiger partial charge on any atom is -0.508 e. The summed E-state index contributed by atoms with van der Waals surface area (Å²) in [5.74, 6) is 1.98. The second-order valence-electron chi connectivity index (χ2n) is 17.0. The van der Waals surface area contributed by atoms with E-state index in [1.165, 1.54) is 24.0 Å². The van der Waals surface area contributed by atoms with Crippen molar-refractivity contribution in [1.29, 1.82) is 0 Å². The van der Waals surface area contributed by atoms with Crippen LogP contribution < -0.4 is 4.89 Å². The third-order valence-corrected chi connectivity index (χ3v) is 12.4. The van der Waals surface area contributed by atoms with Gasteiger partial charge in [-0.2, -0.15) is 4.89 Å². The number of aromatic hydroxyl groups is 1. The highest BCUT2D eigenvalue weighted by Gasteiger charge is 2.53. The Morgan fingerprint density at radius 2 is 1.50 bits per heavy atom. The Labute approximate surface area is 265 Å². The van der Waals surface area contributed by atoms with Crippen molar-refractivity contribution >= 4 is 5.78 Å². The smallest absolute Gasteiger partial charge is 0.186 e. The highest BCUT2D eigenvalue weighted by atomic mass is 17.2. The fourth-order valence-electron chi connectivity index (χ4n) is 9.94. The fourth-order valence-corrected chi connectivity index (χ4v) is 9.94. The number of hydrogen-bond donors (Lipinski definition) is 1. The molecule has 238 valence electrons. The Hall–Kier alpha value is -2.59. The molecule has 2 fully saturated rings. The molecule has 0 aliphatic heterocycles. The van der Waals surface area contributed by atoms with E-state index in [0.717, 1.165) is 65.7 Å². The van der Waals surface area contributed by atoms with Crippen molar-refractivity contribution in [3.8, 4) is 11.5 Å². The molecular formula is C40H54O4. The van der Waals surface area contributed by atoms with Crippen LogP contribution in [0.4, 0.5) is 0 Å². The molecule has 2 saturated carbocycles. The summed E-state index contributed by atoms with van der Waals surface area (Å²) in [6.07, 6.45) is 9.30. The molecule has 0 aromatic heterocycles. The zero-order chi connectivity index (χ0) is 32.0. The molecule has 0 bridgehead atoms. The maximum atomic E-state index is 13.6. The number of fused-ring (bicyclic) bond motifs is 6. The molecule has 0 spiro atoms. The molecule has 4 aliphatic carbocycles. The van der Waals surface area contributed by atoms with Gasteiger partial charge in [0.25, 0.3) is 0 Å². The Balaban J connectivity index is 1.42. The number of carbonyl (C=O) groups is 1. The Morgan fingerprint density at radius 3 is 2.18 bits per heavy atom. The van der Waals surface area contributed by atoms with Gasteiger partial charge >= 0.3 is 0 Å². The van der Waals surface area contributed by atoms with Gasteiger partial charge in [0.15, 0.2) is 11.5 Å². The molecular weight excluding hydrogens is 544 g/mol. The number of allylic oxidation sites excluding steroid dienone is 2. The molecule has 4 nitrogen and oxygen atoms in total. The molecule has 0 saturated heterocycles. The third-order valence-electron chi connectivity index (χ3n) is 12.4. The molecule has 4 aliphatic rings. The fraction of sp³-hybridized carbons (Fsp3) is 0.625. The van der Waals surface area contributed by atoms with Crippen molar-refractivity contribution in [3.63, 3.8) is 0 Å². The van der Waals surface area contributed by atoms with E-state index in [2.05, 4.69) is 87.4 Å². The topological polar surface area (TPSA) is 55.8 Å². The molecule has 0 heterocycles. The lowest BCUT2D eigenvalue weighted by atomic mass is 9.50. The molecule has 4 heteroatoms. The Kier molecular flexibility index (Phi) is 7.47. The number of hydrogen-bond acceptors (Lipinski definition) is 4. The predicted octanol–water partition coefficient (Wildman–Crippen LogP) is 10.8. The van der Waals surface area contributed by atoms with Crippen LogP contribution >= 0.6 is 0 Å². The normalized spacial score (nSPS) is 30.3. The summed E-state index contributed by atoms with van der Waals surface area (Å²) >= 11 is 0. The van der Waals surface area contributed by atoms with E-state index in [-0.39, 0.29) is 45.4 Å². The summed E-state index contributed by atoms with van der Waals surface area (Å²) in [4.78, 5) is 26.7. The lowest BCUT2D eigenvalue weighted by Crippen LogP contribution is -2.49. The van der Waals surface area contributed by atoms with Crippen molar-refractivity contribution in [2.75, 3.05) is 0 Å². The van der Waals surface area contributed by atoms with E-state index >= 15 is 0 Å². The first-order valence-corrected chi connectivity index (χ1v) is 17.2. The van der Waals surface area contributed by atoms with Crippen molar-refractivity contribution < 1.29 is 19.7 Å². The van der Waals surface area contributed by atoms with Crippen LogP contribution in [0.1, 0.15) is 170 Å². The van der Waals surface area contributed by atoms with Crippen molar-refractivity contribution in [2.45, 2.75) is 143 Å². The second-order valence-corrected chi connectivity index (χ2v) is 17.0. The molecule has 44 heavy (non-hydrogen) atoms. The summed E-state index contributed by atoms with van der Waals surface area (Å²) in [6, 6.07) is 8.43. The SMILES string of the molecule is CC(C)c1cc2c(cc1O)[C@@]1(C)CCCC(C)(C)[C@@H]1C[C@H]2OOc1cc2c(cc1C(C)C)C(=O)C=C1C(C)(C)CCC[C@@]12C. The summed E-state index contributed by atoms with van der Waals surface area (Å²) in [7, 11) is 0. The van der Waals surface area contributed by atoms with Crippen LogP contribution in [0.2, 0.25) is 0 Å². The van der Waals surface area contributed by atoms with Crippen molar-refractivity contribution in [2.24, 2.45) is 16.7 Å². The molecule has 2 aromatic carbocycles. The van der Waals surface area contributed by atoms with E-state index in [0.29, 0.717) is 11.7 Å². The lowest BCUT2D eigenvalue weighted by Gasteiger charge is -2.55. The average Bonchev–Trinajstić information content (AvgIpc) is 2.92. The quantitative estimate of drug-likeness (QED) is 0.275. The summed E-state index contributed by atoms with van der Waals surface area (Å²) in [6.45, 7) is 22.6. The van der Waals surface area contributed by atoms with Gasteiger partial charge in [0.2, 0.25) is 0 Å². The Bertz CT molecular complexity index is 1520. The predicted molar refractivity (Wildman–Crippen MR) is 178 cm³/mol. The van der Waals surface area contributed by atoms with Crippen LogP contribution in [0.3, 0.4) is 0 Å². The van der Waals surface area contributed by atoms with Gasteiger partial charge in [-0.25, -0.2) is 0 Å². The zero-order valence-corrected chi connectivity index (χ0v) is 28.8. The third kappa shape index (κ3) is 4.77. The first-order chi connectivity index (χ1) is 20.5. The number of benzene rings is 2.